The fourth-order valence-corrected chi connectivity index (χ4v) is 1.85. The van der Waals surface area contributed by atoms with Crippen LogP contribution in [0.3, 0.4) is 0 Å². The molecule has 1 amide bonds. The fourth-order valence-electron chi connectivity index (χ4n) is 1.59. The highest BCUT2D eigenvalue weighted by atomic mass is 35.5. The van der Waals surface area contributed by atoms with Crippen LogP contribution in [0, 0.1) is 0 Å². The van der Waals surface area contributed by atoms with E-state index < -0.39 is 11.9 Å². The Bertz CT molecular complexity index is 643. The third-order valence-corrected chi connectivity index (χ3v) is 2.84. The molecule has 0 saturated carbocycles. The van der Waals surface area contributed by atoms with Crippen LogP contribution < -0.4 is 5.32 Å². The highest BCUT2D eigenvalue weighted by molar-refractivity contribution is 6.34. The molecule has 0 saturated heterocycles. The van der Waals surface area contributed by atoms with Crippen LogP contribution in [0.25, 0.3) is 10.8 Å². The van der Waals surface area contributed by atoms with E-state index in [-0.39, 0.29) is 17.4 Å². The van der Waals surface area contributed by atoms with Gasteiger partial charge in [0, 0.05) is 5.39 Å². The summed E-state index contributed by atoms with van der Waals surface area (Å²) in [7, 11) is 1.25. The molecule has 1 N–H and O–H groups in total. The lowest BCUT2D eigenvalue weighted by atomic mass is 10.1. The maximum Gasteiger partial charge on any atom is 0.325 e. The molecular formula is C13H11ClN2O3. The SMILES string of the molecule is COC(=O)CNC(=O)c1cc2ccccc2c(Cl)n1. The number of nitrogens with one attached hydrogen (secondary N) is 1. The minimum atomic E-state index is -0.528. The number of amides is 1. The van der Waals surface area contributed by atoms with Gasteiger partial charge in [0.25, 0.3) is 5.91 Å². The van der Waals surface area contributed by atoms with Gasteiger partial charge in [-0.05, 0) is 11.5 Å². The van der Waals surface area contributed by atoms with E-state index in [1.165, 1.54) is 7.11 Å². The number of benzene rings is 1. The van der Waals surface area contributed by atoms with Crippen molar-refractivity contribution in [2.75, 3.05) is 13.7 Å². The number of aromatic nitrogens is 1. The lowest BCUT2D eigenvalue weighted by Crippen LogP contribution is -2.30. The largest absolute Gasteiger partial charge is 0.468 e. The first-order valence-corrected chi connectivity index (χ1v) is 5.90. The zero-order chi connectivity index (χ0) is 13.8. The number of methoxy groups -OCH3 is 1. The Morgan fingerprint density at radius 3 is 2.84 bits per heavy atom. The highest BCUT2D eigenvalue weighted by Crippen LogP contribution is 2.22. The van der Waals surface area contributed by atoms with Crippen molar-refractivity contribution in [1.82, 2.24) is 10.3 Å². The molecule has 0 fully saturated rings. The van der Waals surface area contributed by atoms with Crippen molar-refractivity contribution < 1.29 is 14.3 Å². The lowest BCUT2D eigenvalue weighted by Gasteiger charge is -2.06. The number of rotatable bonds is 3. The summed E-state index contributed by atoms with van der Waals surface area (Å²) in [4.78, 5) is 26.8. The zero-order valence-corrected chi connectivity index (χ0v) is 10.9. The predicted octanol–water partition coefficient (Wildman–Crippen LogP) is 1.79. The molecule has 98 valence electrons. The first-order chi connectivity index (χ1) is 9.11. The average Bonchev–Trinajstić information content (AvgIpc) is 2.44. The van der Waals surface area contributed by atoms with E-state index in [1.807, 2.05) is 24.3 Å². The van der Waals surface area contributed by atoms with E-state index >= 15 is 0 Å². The molecule has 0 bridgehead atoms. The number of hydrogen-bond acceptors (Lipinski definition) is 4. The molecule has 0 atom stereocenters. The number of hydrogen-bond donors (Lipinski definition) is 1. The maximum absolute atomic E-state index is 11.8. The topological polar surface area (TPSA) is 68.3 Å². The van der Waals surface area contributed by atoms with Crippen molar-refractivity contribution in [2.24, 2.45) is 0 Å². The van der Waals surface area contributed by atoms with E-state index in [4.69, 9.17) is 11.6 Å². The van der Waals surface area contributed by atoms with E-state index in [9.17, 15) is 9.59 Å². The molecular weight excluding hydrogens is 268 g/mol. The summed E-state index contributed by atoms with van der Waals surface area (Å²) in [6.07, 6.45) is 0. The van der Waals surface area contributed by atoms with Gasteiger partial charge in [0.15, 0.2) is 0 Å². The van der Waals surface area contributed by atoms with Crippen LogP contribution in [0.4, 0.5) is 0 Å². The van der Waals surface area contributed by atoms with Gasteiger partial charge in [-0.15, -0.1) is 0 Å². The van der Waals surface area contributed by atoms with E-state index in [1.54, 1.807) is 6.07 Å². The molecule has 0 aliphatic heterocycles. The van der Waals surface area contributed by atoms with Gasteiger partial charge in [0.05, 0.1) is 7.11 Å². The fraction of sp³-hybridized carbons (Fsp3) is 0.154. The summed E-state index contributed by atoms with van der Waals surface area (Å²) in [5, 5.41) is 4.24. The standard InChI is InChI=1S/C13H11ClN2O3/c1-19-11(17)7-15-13(18)10-6-8-4-2-3-5-9(8)12(14)16-10/h2-6H,7H2,1H3,(H,15,18). The minimum absolute atomic E-state index is 0.160. The summed E-state index contributed by atoms with van der Waals surface area (Å²) >= 11 is 6.01. The summed E-state index contributed by atoms with van der Waals surface area (Å²) in [5.74, 6) is -1.00. The van der Waals surface area contributed by atoms with Crippen LogP contribution >= 0.6 is 11.6 Å². The first-order valence-electron chi connectivity index (χ1n) is 5.52. The number of ether oxygens (including phenoxy) is 1. The molecule has 1 heterocycles. The normalized spacial score (nSPS) is 10.2. The molecule has 5 nitrogen and oxygen atoms in total. The lowest BCUT2D eigenvalue weighted by molar-refractivity contribution is -0.139. The average molecular weight is 279 g/mol. The van der Waals surface area contributed by atoms with Gasteiger partial charge in [-0.3, -0.25) is 9.59 Å². The van der Waals surface area contributed by atoms with Gasteiger partial charge in [0.1, 0.15) is 17.4 Å². The van der Waals surface area contributed by atoms with Gasteiger partial charge in [-0.2, -0.15) is 0 Å². The summed E-state index contributed by atoms with van der Waals surface area (Å²) in [6.45, 7) is -0.207. The van der Waals surface area contributed by atoms with Gasteiger partial charge >= 0.3 is 5.97 Å². The third kappa shape index (κ3) is 3.00. The molecule has 1 aromatic heterocycles. The predicted molar refractivity (Wildman–Crippen MR) is 71.1 cm³/mol. The third-order valence-electron chi connectivity index (χ3n) is 2.55. The van der Waals surface area contributed by atoms with Crippen LogP contribution in [-0.4, -0.2) is 30.5 Å². The Kier molecular flexibility index (Phi) is 3.97. The molecule has 0 aliphatic carbocycles. The van der Waals surface area contributed by atoms with E-state index in [0.717, 1.165) is 10.8 Å². The smallest absolute Gasteiger partial charge is 0.325 e. The maximum atomic E-state index is 11.8. The molecule has 1 aromatic carbocycles. The molecule has 0 unspecified atom stereocenters. The van der Waals surface area contributed by atoms with Crippen LogP contribution in [-0.2, 0) is 9.53 Å². The number of carbonyl (C=O) groups is 2. The summed E-state index contributed by atoms with van der Waals surface area (Å²) in [5.41, 5.74) is 0.160. The van der Waals surface area contributed by atoms with Crippen molar-refractivity contribution >= 4 is 34.2 Å². The van der Waals surface area contributed by atoms with E-state index in [0.29, 0.717) is 0 Å². The number of pyridine rings is 1. The first kappa shape index (κ1) is 13.3. The van der Waals surface area contributed by atoms with Crippen molar-refractivity contribution in [3.8, 4) is 0 Å². The van der Waals surface area contributed by atoms with Crippen molar-refractivity contribution in [1.29, 1.82) is 0 Å². The second kappa shape index (κ2) is 5.67. The van der Waals surface area contributed by atoms with Gasteiger partial charge in [-0.1, -0.05) is 35.9 Å². The Labute approximate surface area is 114 Å². The molecule has 2 rings (SSSR count). The van der Waals surface area contributed by atoms with Crippen LogP contribution in [0.2, 0.25) is 5.15 Å². The summed E-state index contributed by atoms with van der Waals surface area (Å²) in [6, 6.07) is 8.95. The number of fused-ring (bicyclic) bond motifs is 1. The number of esters is 1. The number of carbonyl (C=O) groups excluding carboxylic acids is 2. The monoisotopic (exact) mass is 278 g/mol. The Morgan fingerprint density at radius 2 is 2.11 bits per heavy atom. The zero-order valence-electron chi connectivity index (χ0n) is 10.1. The Hall–Kier alpha value is -2.14. The van der Waals surface area contributed by atoms with Crippen molar-refractivity contribution in [3.63, 3.8) is 0 Å². The Morgan fingerprint density at radius 1 is 1.37 bits per heavy atom. The van der Waals surface area contributed by atoms with E-state index in [2.05, 4.69) is 15.0 Å². The van der Waals surface area contributed by atoms with Gasteiger partial charge in [-0.25, -0.2) is 4.98 Å². The van der Waals surface area contributed by atoms with Crippen LogP contribution in [0.5, 0.6) is 0 Å². The second-order valence-electron chi connectivity index (χ2n) is 3.78. The highest BCUT2D eigenvalue weighted by Gasteiger charge is 2.12. The molecule has 6 heteroatoms. The second-order valence-corrected chi connectivity index (χ2v) is 4.14. The quantitative estimate of drug-likeness (QED) is 0.686. The molecule has 19 heavy (non-hydrogen) atoms. The minimum Gasteiger partial charge on any atom is -0.468 e. The number of halogens is 1. The van der Waals surface area contributed by atoms with Crippen LogP contribution in [0.15, 0.2) is 30.3 Å². The molecule has 0 radical (unpaired) electrons. The molecule has 2 aromatic rings. The van der Waals surface area contributed by atoms with Crippen molar-refractivity contribution in [3.05, 3.63) is 41.2 Å². The van der Waals surface area contributed by atoms with Crippen LogP contribution in [0.1, 0.15) is 10.5 Å². The van der Waals surface area contributed by atoms with Gasteiger partial charge in [0.2, 0.25) is 0 Å². The molecule has 0 spiro atoms. The van der Waals surface area contributed by atoms with Crippen molar-refractivity contribution in [2.45, 2.75) is 0 Å². The number of nitrogens with zero attached hydrogens (tertiary/aromatic N) is 1. The summed E-state index contributed by atoms with van der Waals surface area (Å²) < 4.78 is 4.43. The van der Waals surface area contributed by atoms with Gasteiger partial charge < -0.3 is 10.1 Å². The Balaban J connectivity index is 2.25. The molecule has 0 aliphatic rings.